The number of benzene rings is 1. The summed E-state index contributed by atoms with van der Waals surface area (Å²) in [4.78, 5) is 14.1. The molecule has 4 heteroatoms. The predicted molar refractivity (Wildman–Crippen MR) is 64.8 cm³/mol. The molecule has 1 fully saturated rings. The Balaban J connectivity index is 2.01. The Morgan fingerprint density at radius 2 is 2.12 bits per heavy atom. The van der Waals surface area contributed by atoms with Gasteiger partial charge in [-0.1, -0.05) is 0 Å². The van der Waals surface area contributed by atoms with Crippen LogP contribution in [0.5, 0.6) is 0 Å². The summed E-state index contributed by atoms with van der Waals surface area (Å²) in [6, 6.07) is 4.55. The smallest absolute Gasteiger partial charge is 0.176 e. The van der Waals surface area contributed by atoms with E-state index in [1.165, 1.54) is 6.07 Å². The molecule has 3 nitrogen and oxygen atoms in total. The summed E-state index contributed by atoms with van der Waals surface area (Å²) in [5, 5.41) is 3.24. The van der Waals surface area contributed by atoms with Gasteiger partial charge in [0.1, 0.15) is 5.82 Å². The number of nitrogens with zero attached hydrogens (tertiary/aromatic N) is 1. The topological polar surface area (TPSA) is 32.3 Å². The lowest BCUT2D eigenvalue weighted by Gasteiger charge is -2.26. The zero-order valence-electron chi connectivity index (χ0n) is 10.0. The molecule has 0 saturated carbocycles. The van der Waals surface area contributed by atoms with Crippen molar-refractivity contribution in [1.29, 1.82) is 0 Å². The maximum Gasteiger partial charge on any atom is 0.176 e. The van der Waals surface area contributed by atoms with Gasteiger partial charge in [0.15, 0.2) is 5.78 Å². The fourth-order valence-electron chi connectivity index (χ4n) is 1.98. The number of hydrogen-bond acceptors (Lipinski definition) is 3. The number of carbonyl (C=O) groups is 1. The molecule has 0 atom stereocenters. The van der Waals surface area contributed by atoms with E-state index >= 15 is 0 Å². The van der Waals surface area contributed by atoms with Gasteiger partial charge in [0, 0.05) is 31.7 Å². The first-order valence-corrected chi connectivity index (χ1v) is 5.89. The molecule has 1 N–H and O–H groups in total. The van der Waals surface area contributed by atoms with E-state index in [1.807, 2.05) is 0 Å². The van der Waals surface area contributed by atoms with Crippen LogP contribution in [-0.4, -0.2) is 43.4 Å². The Hall–Kier alpha value is -1.26. The molecule has 1 heterocycles. The van der Waals surface area contributed by atoms with Gasteiger partial charge in [-0.25, -0.2) is 4.39 Å². The molecule has 17 heavy (non-hydrogen) atoms. The molecule has 1 saturated heterocycles. The maximum atomic E-state index is 13.1. The van der Waals surface area contributed by atoms with E-state index in [9.17, 15) is 9.18 Å². The Kier molecular flexibility index (Phi) is 3.86. The Bertz CT molecular complexity index is 414. The van der Waals surface area contributed by atoms with Crippen molar-refractivity contribution in [2.75, 3.05) is 32.7 Å². The van der Waals surface area contributed by atoms with Crippen molar-refractivity contribution in [1.82, 2.24) is 10.2 Å². The summed E-state index contributed by atoms with van der Waals surface area (Å²) >= 11 is 0. The lowest BCUT2D eigenvalue weighted by Crippen LogP contribution is -2.45. The van der Waals surface area contributed by atoms with Gasteiger partial charge in [-0.2, -0.15) is 0 Å². The molecule has 1 aliphatic heterocycles. The lowest BCUT2D eigenvalue weighted by molar-refractivity contribution is 0.0921. The van der Waals surface area contributed by atoms with Gasteiger partial charge in [0.25, 0.3) is 0 Å². The van der Waals surface area contributed by atoms with Gasteiger partial charge in [-0.15, -0.1) is 0 Å². The molecule has 1 aliphatic rings. The van der Waals surface area contributed by atoms with Gasteiger partial charge >= 0.3 is 0 Å². The molecule has 0 radical (unpaired) electrons. The summed E-state index contributed by atoms with van der Waals surface area (Å²) in [6.07, 6.45) is 0. The van der Waals surface area contributed by atoms with Crippen molar-refractivity contribution in [2.45, 2.75) is 6.92 Å². The van der Waals surface area contributed by atoms with Crippen molar-refractivity contribution in [3.8, 4) is 0 Å². The van der Waals surface area contributed by atoms with Crippen molar-refractivity contribution in [3.05, 3.63) is 35.1 Å². The average Bonchev–Trinajstić information content (AvgIpc) is 2.34. The van der Waals surface area contributed by atoms with Gasteiger partial charge in [-0.05, 0) is 30.7 Å². The predicted octanol–water partition coefficient (Wildman–Crippen LogP) is 1.22. The summed E-state index contributed by atoms with van der Waals surface area (Å²) in [7, 11) is 0. The molecule has 92 valence electrons. The first-order valence-electron chi connectivity index (χ1n) is 5.89. The van der Waals surface area contributed by atoms with Crippen molar-refractivity contribution in [2.24, 2.45) is 0 Å². The molecule has 1 aromatic carbocycles. The van der Waals surface area contributed by atoms with Crippen molar-refractivity contribution < 1.29 is 9.18 Å². The van der Waals surface area contributed by atoms with Crippen molar-refractivity contribution in [3.63, 3.8) is 0 Å². The van der Waals surface area contributed by atoms with Crippen LogP contribution in [0, 0.1) is 12.7 Å². The van der Waals surface area contributed by atoms with E-state index < -0.39 is 0 Å². The largest absolute Gasteiger partial charge is 0.314 e. The van der Waals surface area contributed by atoms with Crippen LogP contribution in [-0.2, 0) is 0 Å². The number of hydrogen-bond donors (Lipinski definition) is 1. The number of rotatable bonds is 3. The third kappa shape index (κ3) is 3.11. The summed E-state index contributed by atoms with van der Waals surface area (Å²) in [6.45, 7) is 5.74. The maximum absolute atomic E-state index is 13.1. The quantitative estimate of drug-likeness (QED) is 0.801. The number of aryl methyl sites for hydroxylation is 1. The molecular weight excluding hydrogens is 219 g/mol. The van der Waals surface area contributed by atoms with E-state index in [2.05, 4.69) is 10.2 Å². The monoisotopic (exact) mass is 236 g/mol. The molecule has 0 bridgehead atoms. The molecule has 0 aromatic heterocycles. The third-order valence-corrected chi connectivity index (χ3v) is 3.06. The molecule has 0 aliphatic carbocycles. The Morgan fingerprint density at radius 1 is 1.41 bits per heavy atom. The first kappa shape index (κ1) is 12.2. The van der Waals surface area contributed by atoms with E-state index in [1.54, 1.807) is 19.1 Å². The Labute approximate surface area is 101 Å². The van der Waals surface area contributed by atoms with Crippen LogP contribution >= 0.6 is 0 Å². The lowest BCUT2D eigenvalue weighted by atomic mass is 10.1. The van der Waals surface area contributed by atoms with E-state index in [4.69, 9.17) is 0 Å². The average molecular weight is 236 g/mol. The van der Waals surface area contributed by atoms with Crippen LogP contribution in [0.25, 0.3) is 0 Å². The minimum Gasteiger partial charge on any atom is -0.314 e. The van der Waals surface area contributed by atoms with Crippen LogP contribution in [0.4, 0.5) is 4.39 Å². The number of ketones is 1. The number of piperazine rings is 1. The number of Topliss-reactive ketones (excluding diaryl/α,β-unsaturated/α-hetero) is 1. The zero-order chi connectivity index (χ0) is 12.3. The highest BCUT2D eigenvalue weighted by molar-refractivity contribution is 5.97. The fraction of sp³-hybridized carbons (Fsp3) is 0.462. The molecule has 2 rings (SSSR count). The fourth-order valence-corrected chi connectivity index (χ4v) is 1.98. The first-order chi connectivity index (χ1) is 8.16. The summed E-state index contributed by atoms with van der Waals surface area (Å²) < 4.78 is 13.1. The number of nitrogens with one attached hydrogen (secondary N) is 1. The molecular formula is C13H17FN2O. The van der Waals surface area contributed by atoms with Crippen molar-refractivity contribution >= 4 is 5.78 Å². The second-order valence-electron chi connectivity index (χ2n) is 4.41. The normalized spacial score (nSPS) is 17.1. The van der Waals surface area contributed by atoms with Crippen LogP contribution in [0.15, 0.2) is 18.2 Å². The molecule has 1 aromatic rings. The standard InChI is InChI=1S/C13H17FN2O/c1-10-8-11(2-3-12(10)14)13(17)9-16-6-4-15-5-7-16/h2-3,8,15H,4-7,9H2,1H3. The second kappa shape index (κ2) is 5.38. The van der Waals surface area contributed by atoms with E-state index in [0.717, 1.165) is 26.2 Å². The molecule has 0 spiro atoms. The minimum atomic E-state index is -0.260. The molecule has 0 amide bonds. The van der Waals surface area contributed by atoms with Crippen LogP contribution < -0.4 is 5.32 Å². The second-order valence-corrected chi connectivity index (χ2v) is 4.41. The van der Waals surface area contributed by atoms with Crippen LogP contribution in [0.3, 0.4) is 0 Å². The highest BCUT2D eigenvalue weighted by Gasteiger charge is 2.15. The SMILES string of the molecule is Cc1cc(C(=O)CN2CCNCC2)ccc1F. The zero-order valence-corrected chi connectivity index (χ0v) is 10.0. The van der Waals surface area contributed by atoms with Gasteiger partial charge in [0.05, 0.1) is 6.54 Å². The van der Waals surface area contributed by atoms with Gasteiger partial charge in [-0.3, -0.25) is 9.69 Å². The Morgan fingerprint density at radius 3 is 2.76 bits per heavy atom. The summed E-state index contributed by atoms with van der Waals surface area (Å²) in [5.41, 5.74) is 1.12. The third-order valence-electron chi connectivity index (χ3n) is 3.06. The van der Waals surface area contributed by atoms with Gasteiger partial charge < -0.3 is 5.32 Å². The van der Waals surface area contributed by atoms with Crippen LogP contribution in [0.2, 0.25) is 0 Å². The van der Waals surface area contributed by atoms with E-state index in [0.29, 0.717) is 17.7 Å². The number of halogens is 1. The van der Waals surface area contributed by atoms with E-state index in [-0.39, 0.29) is 11.6 Å². The van der Waals surface area contributed by atoms with Crippen LogP contribution in [0.1, 0.15) is 15.9 Å². The highest BCUT2D eigenvalue weighted by Crippen LogP contribution is 2.10. The number of carbonyl (C=O) groups excluding carboxylic acids is 1. The summed E-state index contributed by atoms with van der Waals surface area (Å²) in [5.74, 6) is -0.196. The van der Waals surface area contributed by atoms with Gasteiger partial charge in [0.2, 0.25) is 0 Å². The minimum absolute atomic E-state index is 0.0648. The molecule has 0 unspecified atom stereocenters. The highest BCUT2D eigenvalue weighted by atomic mass is 19.1.